The van der Waals surface area contributed by atoms with E-state index in [1.807, 2.05) is 30.3 Å². The maximum absolute atomic E-state index is 12.3. The van der Waals surface area contributed by atoms with Gasteiger partial charge in [0, 0.05) is 0 Å². The number of hydrogen-bond acceptors (Lipinski definition) is 4. The van der Waals surface area contributed by atoms with Gasteiger partial charge in [-0.3, -0.25) is 4.79 Å². The first-order valence-electron chi connectivity index (χ1n) is 9.89. The van der Waals surface area contributed by atoms with Crippen molar-refractivity contribution < 1.29 is 19.1 Å². The van der Waals surface area contributed by atoms with Crippen molar-refractivity contribution in [3.8, 4) is 0 Å². The third-order valence-corrected chi connectivity index (χ3v) is 7.05. The van der Waals surface area contributed by atoms with Gasteiger partial charge < -0.3 is 9.47 Å². The van der Waals surface area contributed by atoms with Crippen molar-refractivity contribution in [1.82, 2.24) is 0 Å². The zero-order chi connectivity index (χ0) is 22.2. The Balaban J connectivity index is 1.72. The van der Waals surface area contributed by atoms with Gasteiger partial charge in [0.2, 0.25) is 0 Å². The van der Waals surface area contributed by atoms with E-state index < -0.39 is 5.97 Å². The molecule has 2 unspecified atom stereocenters. The summed E-state index contributed by atoms with van der Waals surface area (Å²) < 4.78 is 10.2. The van der Waals surface area contributed by atoms with Gasteiger partial charge in [-0.1, -0.05) is 51.8 Å². The Morgan fingerprint density at radius 2 is 1.32 bits per heavy atom. The van der Waals surface area contributed by atoms with Crippen LogP contribution in [0.4, 0.5) is 0 Å². The highest BCUT2D eigenvalue weighted by Crippen LogP contribution is 2.31. The zero-order valence-corrected chi connectivity index (χ0v) is 19.8. The van der Waals surface area contributed by atoms with Gasteiger partial charge in [-0.05, 0) is 62.4 Å². The number of aryl methyl sites for hydroxylation is 1. The Morgan fingerprint density at radius 3 is 1.90 bits per heavy atom. The molecule has 6 heteroatoms. The van der Waals surface area contributed by atoms with Crippen molar-refractivity contribution in [2.24, 2.45) is 0 Å². The summed E-state index contributed by atoms with van der Waals surface area (Å²) in [5, 5.41) is 0. The van der Waals surface area contributed by atoms with Crippen LogP contribution in [0, 0.1) is 6.92 Å². The van der Waals surface area contributed by atoms with Crippen LogP contribution in [0.2, 0.25) is 0 Å². The molecular weight excluding hydrogens is 476 g/mol. The van der Waals surface area contributed by atoms with E-state index in [9.17, 15) is 9.59 Å². The van der Waals surface area contributed by atoms with Gasteiger partial charge >= 0.3 is 11.9 Å². The third kappa shape index (κ3) is 6.45. The molecular formula is C25H24BrO4S+. The fourth-order valence-corrected chi connectivity index (χ4v) is 5.04. The number of carbonyl (C=O) groups is 2. The average Bonchev–Trinajstić information content (AvgIpc) is 2.79. The first-order chi connectivity index (χ1) is 15.0. The van der Waals surface area contributed by atoms with Gasteiger partial charge in [0.25, 0.3) is 0 Å². The Hall–Kier alpha value is -2.57. The lowest BCUT2D eigenvalue weighted by Gasteiger charge is -2.10. The van der Waals surface area contributed by atoms with Crippen molar-refractivity contribution in [2.75, 3.05) is 13.2 Å². The average molecular weight is 500 g/mol. The van der Waals surface area contributed by atoms with Crippen LogP contribution in [0.15, 0.2) is 93.5 Å². The van der Waals surface area contributed by atoms with Gasteiger partial charge in [0.15, 0.2) is 14.7 Å². The first-order valence-corrected chi connectivity index (χ1v) is 12.0. The van der Waals surface area contributed by atoms with Gasteiger partial charge in [-0.2, -0.15) is 0 Å². The molecule has 3 aromatic rings. The molecule has 0 bridgehead atoms. The van der Waals surface area contributed by atoms with Crippen LogP contribution in [-0.4, -0.2) is 30.0 Å². The third-order valence-electron chi connectivity index (χ3n) is 4.45. The van der Waals surface area contributed by atoms with Crippen LogP contribution in [0.5, 0.6) is 0 Å². The molecule has 3 rings (SSSR count). The summed E-state index contributed by atoms with van der Waals surface area (Å²) in [4.78, 5) is 26.9. The standard InChI is InChI=1S/C25H24BrO4S/c1-18-8-12-22(13-9-18)31(21-6-4-3-5-7-21)23-14-10-20(11-15-23)25(28)30-17-16-29-24(27)19(2)26/h3-15,19H,16-17H2,1-2H3/q+1. The Bertz CT molecular complexity index is 1000. The number of alkyl halides is 1. The molecule has 160 valence electrons. The highest BCUT2D eigenvalue weighted by atomic mass is 79.9. The van der Waals surface area contributed by atoms with Crippen molar-refractivity contribution in [2.45, 2.75) is 33.4 Å². The summed E-state index contributed by atoms with van der Waals surface area (Å²) in [5.41, 5.74) is 1.68. The monoisotopic (exact) mass is 499 g/mol. The fraction of sp³-hybridized carbons (Fsp3) is 0.200. The largest absolute Gasteiger partial charge is 0.461 e. The molecule has 0 fully saturated rings. The number of halogens is 1. The SMILES string of the molecule is Cc1ccc([S+](c2ccccc2)c2ccc(C(=O)OCCOC(=O)C(C)Br)cc2)cc1. The summed E-state index contributed by atoms with van der Waals surface area (Å²) in [6.45, 7) is 3.80. The molecule has 31 heavy (non-hydrogen) atoms. The molecule has 0 spiro atoms. The number of ether oxygens (including phenoxy) is 2. The van der Waals surface area contributed by atoms with E-state index in [-0.39, 0.29) is 34.9 Å². The van der Waals surface area contributed by atoms with E-state index in [2.05, 4.69) is 59.3 Å². The molecule has 0 aromatic heterocycles. The maximum atomic E-state index is 12.3. The number of rotatable bonds is 8. The topological polar surface area (TPSA) is 52.6 Å². The van der Waals surface area contributed by atoms with E-state index in [1.165, 1.54) is 15.4 Å². The Morgan fingerprint density at radius 1 is 0.806 bits per heavy atom. The lowest BCUT2D eigenvalue weighted by Crippen LogP contribution is -2.18. The summed E-state index contributed by atoms with van der Waals surface area (Å²) in [6.07, 6.45) is 0. The molecule has 0 aliphatic carbocycles. The number of esters is 2. The second-order valence-corrected chi connectivity index (χ2v) is 10.3. The molecule has 0 aliphatic rings. The van der Waals surface area contributed by atoms with Crippen LogP contribution >= 0.6 is 15.9 Å². The molecule has 2 atom stereocenters. The van der Waals surface area contributed by atoms with Crippen LogP contribution in [0.25, 0.3) is 0 Å². The summed E-state index contributed by atoms with van der Waals surface area (Å²) in [5.74, 6) is -0.825. The first kappa shape index (κ1) is 23.1. The highest BCUT2D eigenvalue weighted by Gasteiger charge is 2.28. The predicted molar refractivity (Wildman–Crippen MR) is 126 cm³/mol. The van der Waals surface area contributed by atoms with E-state index in [0.717, 1.165) is 4.90 Å². The molecule has 0 N–H and O–H groups in total. The van der Waals surface area contributed by atoms with E-state index in [0.29, 0.717) is 5.56 Å². The lowest BCUT2D eigenvalue weighted by atomic mass is 10.2. The number of benzene rings is 3. The van der Waals surface area contributed by atoms with Crippen molar-refractivity contribution in [3.05, 3.63) is 90.0 Å². The van der Waals surface area contributed by atoms with Crippen LogP contribution in [-0.2, 0) is 25.2 Å². The van der Waals surface area contributed by atoms with Gasteiger partial charge in [0.1, 0.15) is 18.0 Å². The minimum absolute atomic E-state index is 0.0177. The Kier molecular flexibility index (Phi) is 8.32. The predicted octanol–water partition coefficient (Wildman–Crippen LogP) is 5.57. The molecule has 4 nitrogen and oxygen atoms in total. The molecule has 0 amide bonds. The maximum Gasteiger partial charge on any atom is 0.338 e. The summed E-state index contributed by atoms with van der Waals surface area (Å²) in [6, 6.07) is 26.4. The van der Waals surface area contributed by atoms with Gasteiger partial charge in [-0.15, -0.1) is 0 Å². The Labute approximate surface area is 194 Å². The van der Waals surface area contributed by atoms with E-state index in [4.69, 9.17) is 9.47 Å². The van der Waals surface area contributed by atoms with Gasteiger partial charge in [-0.25, -0.2) is 4.79 Å². The molecule has 0 aliphatic heterocycles. The fourth-order valence-electron chi connectivity index (χ4n) is 2.84. The van der Waals surface area contributed by atoms with Crippen molar-refractivity contribution in [3.63, 3.8) is 0 Å². The van der Waals surface area contributed by atoms with Crippen molar-refractivity contribution in [1.29, 1.82) is 0 Å². The smallest absolute Gasteiger partial charge is 0.338 e. The molecule has 0 saturated heterocycles. The highest BCUT2D eigenvalue weighted by molar-refractivity contribution is 9.10. The van der Waals surface area contributed by atoms with E-state index in [1.54, 1.807) is 19.1 Å². The minimum atomic E-state index is -0.440. The summed E-state index contributed by atoms with van der Waals surface area (Å²) >= 11 is 3.13. The molecule has 3 aromatic carbocycles. The summed E-state index contributed by atoms with van der Waals surface area (Å²) in [7, 11) is -0.275. The van der Waals surface area contributed by atoms with Crippen molar-refractivity contribution >= 4 is 38.8 Å². The number of hydrogen-bond donors (Lipinski definition) is 0. The van der Waals surface area contributed by atoms with Gasteiger partial charge in [0.05, 0.1) is 16.5 Å². The zero-order valence-electron chi connectivity index (χ0n) is 17.4. The lowest BCUT2D eigenvalue weighted by molar-refractivity contribution is -0.143. The molecule has 0 heterocycles. The molecule has 0 radical (unpaired) electrons. The quantitative estimate of drug-likeness (QED) is 0.176. The van der Waals surface area contributed by atoms with Crippen LogP contribution < -0.4 is 0 Å². The minimum Gasteiger partial charge on any atom is -0.461 e. The second kappa shape index (κ2) is 11.2. The van der Waals surface area contributed by atoms with Crippen LogP contribution in [0.1, 0.15) is 22.8 Å². The molecule has 0 saturated carbocycles. The van der Waals surface area contributed by atoms with E-state index >= 15 is 0 Å². The number of carbonyl (C=O) groups excluding carboxylic acids is 2. The van der Waals surface area contributed by atoms with Crippen LogP contribution in [0.3, 0.4) is 0 Å². The normalized spacial score (nSPS) is 12.6. The second-order valence-electron chi connectivity index (χ2n) is 6.88.